The second-order valence-electron chi connectivity index (χ2n) is 20.0. The van der Waals surface area contributed by atoms with E-state index in [0.717, 1.165) is 68.9 Å². The van der Waals surface area contributed by atoms with E-state index < -0.39 is 10.8 Å². The molecular weight excluding hydrogens is 793 g/mol. The van der Waals surface area contributed by atoms with Crippen molar-refractivity contribution in [1.82, 2.24) is 0 Å². The predicted molar refractivity (Wildman–Crippen MR) is 268 cm³/mol. The molecule has 0 heterocycles. The summed E-state index contributed by atoms with van der Waals surface area (Å²) in [7, 11) is 0. The first-order valence-electron chi connectivity index (χ1n) is 22.8. The zero-order valence-corrected chi connectivity index (χ0v) is 40.0. The number of benzene rings is 6. The first-order valence-corrected chi connectivity index (χ1v) is 24.9. The lowest BCUT2D eigenvalue weighted by Gasteiger charge is -2.35. The van der Waals surface area contributed by atoms with Gasteiger partial charge in [-0.3, -0.25) is 0 Å². The third-order valence-electron chi connectivity index (χ3n) is 13.6. The first kappa shape index (κ1) is 45.6. The van der Waals surface area contributed by atoms with Gasteiger partial charge in [0.25, 0.3) is 0 Å². The molecule has 0 saturated heterocycles. The van der Waals surface area contributed by atoms with Crippen LogP contribution in [0.4, 0.5) is 0 Å². The highest BCUT2D eigenvalue weighted by molar-refractivity contribution is 8.03. The van der Waals surface area contributed by atoms with Crippen LogP contribution in [-0.4, -0.2) is 20.7 Å². The van der Waals surface area contributed by atoms with E-state index in [1.165, 1.54) is 36.8 Å². The van der Waals surface area contributed by atoms with Gasteiger partial charge in [0.2, 0.25) is 0 Å². The van der Waals surface area contributed by atoms with Gasteiger partial charge in [-0.25, -0.2) is 0 Å². The van der Waals surface area contributed by atoms with Gasteiger partial charge in [0, 0.05) is 55.1 Å². The van der Waals surface area contributed by atoms with Crippen LogP contribution in [-0.2, 0) is 33.2 Å². The second-order valence-corrected chi connectivity index (χ2v) is 22.4. The highest BCUT2D eigenvalue weighted by Crippen LogP contribution is 2.49. The van der Waals surface area contributed by atoms with Crippen LogP contribution >= 0.6 is 23.5 Å². The Morgan fingerprint density at radius 2 is 0.694 bits per heavy atom. The molecule has 7 rings (SSSR count). The lowest BCUT2D eigenvalue weighted by Crippen LogP contribution is -2.27. The van der Waals surface area contributed by atoms with E-state index in [1.54, 1.807) is 0 Å². The molecule has 0 bridgehead atoms. The summed E-state index contributed by atoms with van der Waals surface area (Å²) < 4.78 is 0. The molecule has 0 aliphatic heterocycles. The average molecular weight is 861 g/mol. The minimum atomic E-state index is -0.550. The summed E-state index contributed by atoms with van der Waals surface area (Å²) in [6.07, 6.45) is 7.28. The topological polar surface area (TPSA) is 40.5 Å². The van der Waals surface area contributed by atoms with Crippen LogP contribution in [0.1, 0.15) is 150 Å². The number of phenolic OH excluding ortho intramolecular Hbond substituents is 2. The molecule has 2 N–H and O–H groups in total. The minimum Gasteiger partial charge on any atom is -0.507 e. The van der Waals surface area contributed by atoms with Gasteiger partial charge in [0.05, 0.1) is 0 Å². The van der Waals surface area contributed by atoms with E-state index in [9.17, 15) is 10.2 Å². The summed E-state index contributed by atoms with van der Waals surface area (Å²) in [5.41, 5.74) is 9.79. The van der Waals surface area contributed by atoms with E-state index in [1.807, 2.05) is 23.5 Å². The third-order valence-corrected chi connectivity index (χ3v) is 16.8. The number of hydrogen-bond acceptors (Lipinski definition) is 4. The molecule has 6 aromatic carbocycles. The van der Waals surface area contributed by atoms with Crippen molar-refractivity contribution >= 4 is 23.5 Å². The van der Waals surface area contributed by atoms with Gasteiger partial charge in [0.1, 0.15) is 11.5 Å². The lowest BCUT2D eigenvalue weighted by atomic mass is 9.69. The zero-order chi connectivity index (χ0) is 44.1. The molecule has 6 aromatic rings. The fraction of sp³-hybridized carbons (Fsp3) is 0.379. The summed E-state index contributed by atoms with van der Waals surface area (Å²) in [4.78, 5) is 0. The van der Waals surface area contributed by atoms with E-state index in [2.05, 4.69) is 201 Å². The molecule has 0 spiro atoms. The Balaban J connectivity index is 1.24. The van der Waals surface area contributed by atoms with Gasteiger partial charge in [-0.2, -0.15) is 23.5 Å². The molecule has 0 aromatic heterocycles. The van der Waals surface area contributed by atoms with Crippen molar-refractivity contribution in [2.75, 3.05) is 0 Å². The Morgan fingerprint density at radius 1 is 0.403 bits per heavy atom. The van der Waals surface area contributed by atoms with Crippen LogP contribution in [0.15, 0.2) is 146 Å². The van der Waals surface area contributed by atoms with Gasteiger partial charge in [0.15, 0.2) is 0 Å². The Kier molecular flexibility index (Phi) is 14.1. The fourth-order valence-electron chi connectivity index (χ4n) is 9.47. The first-order chi connectivity index (χ1) is 29.6. The smallest absolute Gasteiger partial charge is 0.124 e. The number of phenols is 2. The van der Waals surface area contributed by atoms with Crippen molar-refractivity contribution in [2.24, 2.45) is 0 Å². The molecule has 0 radical (unpaired) electrons. The number of thioether (sulfide) groups is 2. The van der Waals surface area contributed by atoms with Gasteiger partial charge < -0.3 is 10.2 Å². The van der Waals surface area contributed by atoms with Crippen molar-refractivity contribution in [3.63, 3.8) is 0 Å². The molecule has 324 valence electrons. The largest absolute Gasteiger partial charge is 0.507 e. The number of rotatable bonds is 12. The zero-order valence-electron chi connectivity index (χ0n) is 38.4. The molecule has 1 saturated carbocycles. The van der Waals surface area contributed by atoms with Gasteiger partial charge in [-0.1, -0.05) is 213 Å². The average Bonchev–Trinajstić information content (AvgIpc) is 3.26. The van der Waals surface area contributed by atoms with Gasteiger partial charge in [-0.05, 0) is 70.9 Å². The Labute approximate surface area is 382 Å². The molecule has 0 amide bonds. The highest BCUT2D eigenvalue weighted by Gasteiger charge is 2.38. The summed E-state index contributed by atoms with van der Waals surface area (Å²) in [5, 5.41) is 25.9. The van der Waals surface area contributed by atoms with Crippen LogP contribution in [0.5, 0.6) is 11.5 Å². The molecule has 2 atom stereocenters. The fourth-order valence-corrected chi connectivity index (χ4v) is 12.5. The van der Waals surface area contributed by atoms with E-state index in [4.69, 9.17) is 0 Å². The van der Waals surface area contributed by atoms with Crippen LogP contribution in [0.25, 0.3) is 0 Å². The van der Waals surface area contributed by atoms with Crippen LogP contribution < -0.4 is 0 Å². The number of aromatic hydroxyl groups is 2. The van der Waals surface area contributed by atoms with E-state index in [-0.39, 0.29) is 10.8 Å². The standard InChI is InChI=1S/C58H68O2S2/c1-55(2,3)47-35-41(53(59)49(37-47)57(7,43-25-15-11-16-26-43)44-27-17-12-18-28-44)39-61-51-33-23-9-10-24-34-52(51)62-40-42-36-48(56(4,5)6)38-50(54(42)60)58(8,45-29-19-13-20-30-45)46-31-21-14-22-32-46/h11-22,25-32,35-38,51-52,59-60H,9-10,23-24,33-34,39-40H2,1-8H3/t51-,52-/m1/s1. The molecule has 62 heavy (non-hydrogen) atoms. The van der Waals surface area contributed by atoms with E-state index >= 15 is 0 Å². The molecule has 1 aliphatic carbocycles. The molecule has 1 fully saturated rings. The highest BCUT2D eigenvalue weighted by atomic mass is 32.2. The Hall–Kier alpha value is -4.38. The van der Waals surface area contributed by atoms with Crippen molar-refractivity contribution in [3.05, 3.63) is 201 Å². The Morgan fingerprint density at radius 3 is 0.968 bits per heavy atom. The molecular formula is C58H68O2S2. The Bertz CT molecular complexity index is 2130. The summed E-state index contributed by atoms with van der Waals surface area (Å²) in [6, 6.07) is 51.8. The van der Waals surface area contributed by atoms with Crippen LogP contribution in [0.2, 0.25) is 0 Å². The minimum absolute atomic E-state index is 0.103. The van der Waals surface area contributed by atoms with Gasteiger partial charge in [-0.15, -0.1) is 0 Å². The molecule has 4 heteroatoms. The normalized spacial score (nSPS) is 16.7. The van der Waals surface area contributed by atoms with Gasteiger partial charge >= 0.3 is 0 Å². The van der Waals surface area contributed by atoms with Crippen LogP contribution in [0.3, 0.4) is 0 Å². The summed E-state index contributed by atoms with van der Waals surface area (Å²) in [6.45, 7) is 18.2. The number of hydrogen-bond donors (Lipinski definition) is 2. The monoisotopic (exact) mass is 860 g/mol. The van der Waals surface area contributed by atoms with Crippen molar-refractivity contribution in [2.45, 2.75) is 138 Å². The second kappa shape index (κ2) is 19.2. The van der Waals surface area contributed by atoms with Crippen LogP contribution in [0, 0.1) is 0 Å². The maximum absolute atomic E-state index is 12.5. The van der Waals surface area contributed by atoms with Crippen molar-refractivity contribution in [3.8, 4) is 11.5 Å². The lowest BCUT2D eigenvalue weighted by molar-refractivity contribution is 0.450. The maximum atomic E-state index is 12.5. The van der Waals surface area contributed by atoms with E-state index in [0.29, 0.717) is 22.0 Å². The maximum Gasteiger partial charge on any atom is 0.124 e. The van der Waals surface area contributed by atoms with Crippen molar-refractivity contribution < 1.29 is 10.2 Å². The summed E-state index contributed by atoms with van der Waals surface area (Å²) in [5.74, 6) is 2.30. The molecule has 2 nitrogen and oxygen atoms in total. The molecule has 0 unspecified atom stereocenters. The predicted octanol–water partition coefficient (Wildman–Crippen LogP) is 15.7. The summed E-state index contributed by atoms with van der Waals surface area (Å²) >= 11 is 4.06. The molecule has 1 aliphatic rings. The third kappa shape index (κ3) is 9.73. The SMILES string of the molecule is CC(C)(C)c1cc(CS[C@@H]2CCCCCC[C@H]2SCc2cc(C(C)(C)C)cc(C(C)(c3ccccc3)c3ccccc3)c2O)c(O)c(C(C)(c2ccccc2)c2ccccc2)c1. The quantitative estimate of drug-likeness (QED) is 0.120. The van der Waals surface area contributed by atoms with Crippen molar-refractivity contribution in [1.29, 1.82) is 0 Å².